The number of nitrogens with zero attached hydrogens (tertiary/aromatic N) is 2. The van der Waals surface area contributed by atoms with E-state index < -0.39 is 9.84 Å². The number of aryl methyl sites for hydroxylation is 2. The van der Waals surface area contributed by atoms with E-state index in [1.54, 1.807) is 37.1 Å². The highest BCUT2D eigenvalue weighted by atomic mass is 32.2. The second-order valence-electron chi connectivity index (χ2n) is 9.11. The SMILES string of the molecule is COCC1CNc2c(c(-c3cc4c(S(C)(=O)=O)cccc4n3CCC3CC3)cn(C)c2=O)O1. The zero-order valence-corrected chi connectivity index (χ0v) is 19.9. The van der Waals surface area contributed by atoms with Crippen molar-refractivity contribution in [1.29, 1.82) is 0 Å². The highest BCUT2D eigenvalue weighted by molar-refractivity contribution is 7.91. The molecule has 5 rings (SSSR count). The van der Waals surface area contributed by atoms with E-state index in [1.165, 1.54) is 19.1 Å². The first-order chi connectivity index (χ1) is 15.8. The summed E-state index contributed by atoms with van der Waals surface area (Å²) in [6.45, 7) is 1.63. The molecule has 1 aliphatic carbocycles. The smallest absolute Gasteiger partial charge is 0.277 e. The van der Waals surface area contributed by atoms with Crippen molar-refractivity contribution >= 4 is 26.4 Å². The maximum Gasteiger partial charge on any atom is 0.277 e. The number of fused-ring (bicyclic) bond motifs is 2. The van der Waals surface area contributed by atoms with Crippen LogP contribution in [0.2, 0.25) is 0 Å². The van der Waals surface area contributed by atoms with Crippen molar-refractivity contribution in [2.75, 3.05) is 31.8 Å². The Morgan fingerprint density at radius 2 is 2.06 bits per heavy atom. The number of methoxy groups -OCH3 is 1. The largest absolute Gasteiger partial charge is 0.483 e. The number of benzene rings is 1. The molecule has 1 N–H and O–H groups in total. The molecule has 0 bridgehead atoms. The van der Waals surface area contributed by atoms with Crippen molar-refractivity contribution in [1.82, 2.24) is 9.13 Å². The van der Waals surface area contributed by atoms with Gasteiger partial charge in [0.25, 0.3) is 5.56 Å². The Hall–Kier alpha value is -2.78. The Morgan fingerprint density at radius 1 is 1.27 bits per heavy atom. The minimum atomic E-state index is -3.41. The molecule has 0 amide bonds. The van der Waals surface area contributed by atoms with Gasteiger partial charge in [0.1, 0.15) is 11.8 Å². The van der Waals surface area contributed by atoms with Crippen LogP contribution in [0.15, 0.2) is 40.2 Å². The quantitative estimate of drug-likeness (QED) is 0.570. The van der Waals surface area contributed by atoms with Crippen LogP contribution in [0.5, 0.6) is 5.75 Å². The fourth-order valence-corrected chi connectivity index (χ4v) is 5.53. The number of pyridine rings is 1. The Morgan fingerprint density at radius 3 is 2.76 bits per heavy atom. The Kier molecular flexibility index (Phi) is 5.49. The van der Waals surface area contributed by atoms with Crippen molar-refractivity contribution in [2.45, 2.75) is 36.8 Å². The van der Waals surface area contributed by atoms with E-state index in [0.29, 0.717) is 40.8 Å². The van der Waals surface area contributed by atoms with Gasteiger partial charge in [-0.3, -0.25) is 4.79 Å². The first-order valence-corrected chi connectivity index (χ1v) is 13.1. The number of anilines is 1. The third kappa shape index (κ3) is 4.04. The van der Waals surface area contributed by atoms with Crippen LogP contribution in [0.1, 0.15) is 19.3 Å². The lowest BCUT2D eigenvalue weighted by molar-refractivity contribution is 0.0849. The summed E-state index contributed by atoms with van der Waals surface area (Å²) in [4.78, 5) is 13.1. The summed E-state index contributed by atoms with van der Waals surface area (Å²) in [7, 11) is -0.0772. The van der Waals surface area contributed by atoms with Crippen LogP contribution in [-0.2, 0) is 28.2 Å². The topological polar surface area (TPSA) is 91.6 Å². The molecule has 3 heterocycles. The van der Waals surface area contributed by atoms with Crippen LogP contribution in [0.4, 0.5) is 5.69 Å². The third-order valence-electron chi connectivity index (χ3n) is 6.51. The molecule has 8 nitrogen and oxygen atoms in total. The summed E-state index contributed by atoms with van der Waals surface area (Å²) in [5, 5.41) is 3.91. The van der Waals surface area contributed by atoms with E-state index in [2.05, 4.69) is 9.88 Å². The second kappa shape index (κ2) is 8.22. The minimum absolute atomic E-state index is 0.165. The van der Waals surface area contributed by atoms with Gasteiger partial charge < -0.3 is 23.9 Å². The average Bonchev–Trinajstić information content (AvgIpc) is 3.53. The van der Waals surface area contributed by atoms with Crippen molar-refractivity contribution in [2.24, 2.45) is 13.0 Å². The van der Waals surface area contributed by atoms with E-state index in [-0.39, 0.29) is 11.7 Å². The first-order valence-electron chi connectivity index (χ1n) is 11.2. The normalized spacial score (nSPS) is 18.1. The highest BCUT2D eigenvalue weighted by Gasteiger charge is 2.29. The Labute approximate surface area is 193 Å². The summed E-state index contributed by atoms with van der Waals surface area (Å²) in [6, 6.07) is 7.32. The molecule has 0 radical (unpaired) electrons. The summed E-state index contributed by atoms with van der Waals surface area (Å²) >= 11 is 0. The molecule has 0 saturated heterocycles. The van der Waals surface area contributed by atoms with Crippen LogP contribution in [-0.4, -0.2) is 50.2 Å². The number of nitrogens with one attached hydrogen (secondary N) is 1. The minimum Gasteiger partial charge on any atom is -0.483 e. The molecule has 1 aliphatic heterocycles. The van der Waals surface area contributed by atoms with Crippen LogP contribution >= 0.6 is 0 Å². The first kappa shape index (κ1) is 22.0. The van der Waals surface area contributed by atoms with Gasteiger partial charge in [-0.2, -0.15) is 0 Å². The van der Waals surface area contributed by atoms with E-state index in [4.69, 9.17) is 9.47 Å². The Balaban J connectivity index is 1.75. The number of hydrogen-bond donors (Lipinski definition) is 1. The van der Waals surface area contributed by atoms with E-state index >= 15 is 0 Å². The predicted molar refractivity (Wildman–Crippen MR) is 128 cm³/mol. The van der Waals surface area contributed by atoms with Gasteiger partial charge in [0.15, 0.2) is 15.6 Å². The summed E-state index contributed by atoms with van der Waals surface area (Å²) in [5.41, 5.74) is 2.72. The molecule has 9 heteroatoms. The van der Waals surface area contributed by atoms with Gasteiger partial charge in [-0.25, -0.2) is 8.42 Å². The predicted octanol–water partition coefficient (Wildman–Crippen LogP) is 3.03. The third-order valence-corrected chi connectivity index (χ3v) is 7.67. The molecular weight excluding hydrogens is 442 g/mol. The molecule has 1 saturated carbocycles. The number of aromatic nitrogens is 2. The summed E-state index contributed by atoms with van der Waals surface area (Å²) < 4.78 is 40.3. The second-order valence-corrected chi connectivity index (χ2v) is 11.1. The van der Waals surface area contributed by atoms with Crippen LogP contribution in [0.25, 0.3) is 22.2 Å². The molecular formula is C24H29N3O5S. The van der Waals surface area contributed by atoms with Gasteiger partial charge >= 0.3 is 0 Å². The van der Waals surface area contributed by atoms with Gasteiger partial charge in [0.05, 0.1) is 29.3 Å². The number of ether oxygens (including phenoxy) is 2. The van der Waals surface area contributed by atoms with Crippen molar-refractivity contribution < 1.29 is 17.9 Å². The highest BCUT2D eigenvalue weighted by Crippen LogP contribution is 2.41. The molecule has 2 aromatic heterocycles. The Bertz CT molecular complexity index is 1390. The average molecular weight is 472 g/mol. The van der Waals surface area contributed by atoms with Gasteiger partial charge in [0, 0.05) is 44.1 Å². The summed E-state index contributed by atoms with van der Waals surface area (Å²) in [6.07, 6.45) is 6.29. The molecule has 1 fully saturated rings. The zero-order valence-electron chi connectivity index (χ0n) is 19.1. The number of rotatable bonds is 7. The fraction of sp³-hybridized carbons (Fsp3) is 0.458. The molecule has 2 aliphatic rings. The standard InChI is InChI=1S/C24H29N3O5S/c1-26-13-18(23-22(24(26)28)25-12-16(32-23)14-31-2)20-11-17-19(27(20)10-9-15-7-8-15)5-4-6-21(17)33(3,29)30/h4-6,11,13,15-16,25H,7-10,12,14H2,1-3H3. The van der Waals surface area contributed by atoms with Gasteiger partial charge in [-0.05, 0) is 30.5 Å². The molecule has 3 aromatic rings. The summed E-state index contributed by atoms with van der Waals surface area (Å²) in [5.74, 6) is 1.20. The van der Waals surface area contributed by atoms with Gasteiger partial charge in [-0.15, -0.1) is 0 Å². The fourth-order valence-electron chi connectivity index (χ4n) is 4.65. The van der Waals surface area contributed by atoms with E-state index in [9.17, 15) is 13.2 Å². The molecule has 0 spiro atoms. The van der Waals surface area contributed by atoms with Crippen molar-refractivity contribution in [3.63, 3.8) is 0 Å². The van der Waals surface area contributed by atoms with Crippen LogP contribution < -0.4 is 15.6 Å². The molecule has 1 atom stereocenters. The van der Waals surface area contributed by atoms with E-state index in [1.807, 2.05) is 12.1 Å². The molecule has 176 valence electrons. The molecule has 1 aromatic carbocycles. The number of hydrogen-bond acceptors (Lipinski definition) is 6. The lowest BCUT2D eigenvalue weighted by Crippen LogP contribution is -2.38. The van der Waals surface area contributed by atoms with Crippen molar-refractivity contribution in [3.8, 4) is 17.0 Å². The maximum atomic E-state index is 12.8. The number of sulfone groups is 1. The van der Waals surface area contributed by atoms with E-state index in [0.717, 1.165) is 29.7 Å². The van der Waals surface area contributed by atoms with Gasteiger partial charge in [-0.1, -0.05) is 18.9 Å². The van der Waals surface area contributed by atoms with Crippen LogP contribution in [0.3, 0.4) is 0 Å². The zero-order chi connectivity index (χ0) is 23.3. The van der Waals surface area contributed by atoms with Gasteiger partial charge in [0.2, 0.25) is 0 Å². The maximum absolute atomic E-state index is 12.8. The molecule has 1 unspecified atom stereocenters. The lowest BCUT2D eigenvalue weighted by atomic mass is 10.1. The van der Waals surface area contributed by atoms with Crippen LogP contribution in [0, 0.1) is 5.92 Å². The lowest BCUT2D eigenvalue weighted by Gasteiger charge is -2.29. The molecule has 33 heavy (non-hydrogen) atoms. The monoisotopic (exact) mass is 471 g/mol. The van der Waals surface area contributed by atoms with Crippen molar-refractivity contribution in [3.05, 3.63) is 40.8 Å².